The summed E-state index contributed by atoms with van der Waals surface area (Å²) in [6.45, 7) is 5.02. The molecular weight excluding hydrogens is 631 g/mol. The molecule has 1 saturated heterocycles. The van der Waals surface area contributed by atoms with Crippen molar-refractivity contribution in [1.82, 2.24) is 14.7 Å². The number of nitrogens with one attached hydrogen (secondary N) is 1. The van der Waals surface area contributed by atoms with Crippen molar-refractivity contribution in [3.05, 3.63) is 89.4 Å². The van der Waals surface area contributed by atoms with Gasteiger partial charge >= 0.3 is 12.3 Å². The van der Waals surface area contributed by atoms with Gasteiger partial charge < -0.3 is 19.9 Å². The average Bonchev–Trinajstić information content (AvgIpc) is 3.33. The third-order valence-electron chi connectivity index (χ3n) is 7.39. The number of aromatic nitrogens is 2. The number of carbonyl (C=O) groups is 1. The van der Waals surface area contributed by atoms with Crippen LogP contribution in [0.2, 0.25) is 0 Å². The zero-order chi connectivity index (χ0) is 31.8. The number of aryl methyl sites for hydroxylation is 1. The standard InChI is InChI=1S/C30H28F7N5O2.ClH/c1-3-24-27(42-11-10-20(31)15-26(42)39-24)28(43)38-16-19-4-9-25(23(32)14-19)40-12-13-41(18(2)17-40)21-5-7-22(8-6-21)44-30(36,37)29(33,34)35;/h4-11,14-15,18H,3,12-13,16-17H2,1-2H3,(H,38,43);1H/t18-;/m0./s1. The van der Waals surface area contributed by atoms with Gasteiger partial charge in [0, 0.05) is 50.2 Å². The van der Waals surface area contributed by atoms with Crippen molar-refractivity contribution in [2.75, 3.05) is 29.4 Å². The minimum absolute atomic E-state index is 0. The molecule has 4 aromatic rings. The summed E-state index contributed by atoms with van der Waals surface area (Å²) < 4.78 is 97.9. The molecule has 2 aromatic carbocycles. The first-order valence-corrected chi connectivity index (χ1v) is 13.8. The van der Waals surface area contributed by atoms with Gasteiger partial charge in [0.05, 0.1) is 11.4 Å². The number of rotatable bonds is 8. The summed E-state index contributed by atoms with van der Waals surface area (Å²) in [7, 11) is 0. The largest absolute Gasteiger partial charge is 0.499 e. The number of pyridine rings is 1. The van der Waals surface area contributed by atoms with Crippen LogP contribution in [0, 0.1) is 11.6 Å². The number of halogens is 8. The van der Waals surface area contributed by atoms with E-state index in [-0.39, 0.29) is 30.7 Å². The predicted molar refractivity (Wildman–Crippen MR) is 156 cm³/mol. The number of piperazine rings is 1. The van der Waals surface area contributed by atoms with Crippen molar-refractivity contribution in [3.8, 4) is 5.75 Å². The number of benzene rings is 2. The lowest BCUT2D eigenvalue weighted by Gasteiger charge is -2.42. The predicted octanol–water partition coefficient (Wildman–Crippen LogP) is 6.78. The summed E-state index contributed by atoms with van der Waals surface area (Å²) in [5, 5.41) is 2.78. The van der Waals surface area contributed by atoms with Crippen molar-refractivity contribution in [1.29, 1.82) is 0 Å². The molecule has 0 unspecified atom stereocenters. The highest BCUT2D eigenvalue weighted by Gasteiger charge is 2.61. The molecule has 0 bridgehead atoms. The summed E-state index contributed by atoms with van der Waals surface area (Å²) >= 11 is 0. The lowest BCUT2D eigenvalue weighted by atomic mass is 10.1. The van der Waals surface area contributed by atoms with Gasteiger partial charge in [0.1, 0.15) is 28.7 Å². The molecule has 3 heterocycles. The number of alkyl halides is 5. The summed E-state index contributed by atoms with van der Waals surface area (Å²) in [5.74, 6) is -2.00. The molecule has 1 aliphatic rings. The minimum atomic E-state index is -5.84. The van der Waals surface area contributed by atoms with E-state index in [1.165, 1.54) is 40.9 Å². The highest BCUT2D eigenvalue weighted by Crippen LogP contribution is 2.38. The fraction of sp³-hybridized carbons (Fsp3) is 0.333. The number of fused-ring (bicyclic) bond motifs is 1. The molecule has 242 valence electrons. The quantitative estimate of drug-likeness (QED) is 0.212. The van der Waals surface area contributed by atoms with Crippen LogP contribution < -0.4 is 19.9 Å². The Morgan fingerprint density at radius 3 is 2.36 bits per heavy atom. The Labute approximate surface area is 260 Å². The lowest BCUT2D eigenvalue weighted by Crippen LogP contribution is -2.52. The molecule has 5 rings (SSSR count). The van der Waals surface area contributed by atoms with Gasteiger partial charge in [0.2, 0.25) is 0 Å². The molecule has 7 nitrogen and oxygen atoms in total. The Bertz CT molecular complexity index is 1660. The van der Waals surface area contributed by atoms with E-state index in [4.69, 9.17) is 0 Å². The minimum Gasteiger partial charge on any atom is -0.426 e. The van der Waals surface area contributed by atoms with Crippen molar-refractivity contribution in [2.45, 2.75) is 45.1 Å². The van der Waals surface area contributed by atoms with Crippen LogP contribution in [0.4, 0.5) is 42.1 Å². The smallest absolute Gasteiger partial charge is 0.426 e. The van der Waals surface area contributed by atoms with E-state index < -0.39 is 35.6 Å². The Kier molecular flexibility index (Phi) is 9.76. The molecule has 1 atom stereocenters. The second-order valence-electron chi connectivity index (χ2n) is 10.4. The van der Waals surface area contributed by atoms with E-state index in [0.717, 1.165) is 12.1 Å². The topological polar surface area (TPSA) is 62.1 Å². The van der Waals surface area contributed by atoms with Crippen LogP contribution in [0.15, 0.2) is 60.8 Å². The van der Waals surface area contributed by atoms with Crippen LogP contribution in [-0.2, 0) is 13.0 Å². The molecule has 45 heavy (non-hydrogen) atoms. The van der Waals surface area contributed by atoms with E-state index in [1.54, 1.807) is 12.1 Å². The van der Waals surface area contributed by atoms with E-state index >= 15 is 4.39 Å². The SMILES string of the molecule is CCc1nc2cc(F)ccn2c1C(=O)NCc1ccc(N2CCN(c3ccc(OC(F)(F)C(F)(F)F)cc3)[C@@H](C)C2)c(F)c1.Cl. The molecule has 0 spiro atoms. The number of nitrogens with zero attached hydrogens (tertiary/aromatic N) is 4. The van der Waals surface area contributed by atoms with Gasteiger partial charge in [-0.05, 0) is 61.4 Å². The lowest BCUT2D eigenvalue weighted by molar-refractivity contribution is -0.360. The maximum Gasteiger partial charge on any atom is 0.499 e. The van der Waals surface area contributed by atoms with Gasteiger partial charge in [-0.3, -0.25) is 9.20 Å². The number of ether oxygens (including phenoxy) is 1. The fourth-order valence-electron chi connectivity index (χ4n) is 5.21. The number of anilines is 2. The van der Waals surface area contributed by atoms with E-state index in [2.05, 4.69) is 15.0 Å². The maximum atomic E-state index is 15.2. The molecular formula is C30H29ClF7N5O2. The second kappa shape index (κ2) is 13.0. The zero-order valence-electron chi connectivity index (χ0n) is 24.0. The normalized spacial score (nSPS) is 15.6. The first-order chi connectivity index (χ1) is 20.8. The van der Waals surface area contributed by atoms with E-state index in [0.29, 0.717) is 54.3 Å². The molecule has 0 radical (unpaired) electrons. The number of imidazole rings is 1. The third-order valence-corrected chi connectivity index (χ3v) is 7.39. The van der Waals surface area contributed by atoms with Crippen molar-refractivity contribution < 1.29 is 40.3 Å². The van der Waals surface area contributed by atoms with Gasteiger partial charge in [-0.25, -0.2) is 13.8 Å². The first-order valence-electron chi connectivity index (χ1n) is 13.8. The van der Waals surface area contributed by atoms with Gasteiger partial charge in [-0.1, -0.05) is 13.0 Å². The highest BCUT2D eigenvalue weighted by molar-refractivity contribution is 5.94. The number of amides is 1. The van der Waals surface area contributed by atoms with Gasteiger partial charge in [-0.2, -0.15) is 22.0 Å². The van der Waals surface area contributed by atoms with Gasteiger partial charge in [0.25, 0.3) is 5.91 Å². The number of hydrogen-bond donors (Lipinski definition) is 1. The second-order valence-corrected chi connectivity index (χ2v) is 10.4. The number of hydrogen-bond acceptors (Lipinski definition) is 5. The highest BCUT2D eigenvalue weighted by atomic mass is 35.5. The Balaban J connectivity index is 0.00000461. The van der Waals surface area contributed by atoms with Gasteiger partial charge in [0.15, 0.2) is 0 Å². The van der Waals surface area contributed by atoms with Crippen molar-refractivity contribution >= 4 is 35.3 Å². The maximum absolute atomic E-state index is 15.2. The monoisotopic (exact) mass is 659 g/mol. The Morgan fingerprint density at radius 2 is 1.73 bits per heavy atom. The van der Waals surface area contributed by atoms with Crippen LogP contribution in [0.1, 0.15) is 35.6 Å². The van der Waals surface area contributed by atoms with Crippen molar-refractivity contribution in [3.63, 3.8) is 0 Å². The molecule has 1 aliphatic heterocycles. The molecule has 2 aromatic heterocycles. The third kappa shape index (κ3) is 7.05. The molecule has 0 saturated carbocycles. The number of carbonyl (C=O) groups excluding carboxylic acids is 1. The Morgan fingerprint density at radius 1 is 1.02 bits per heavy atom. The molecule has 1 N–H and O–H groups in total. The van der Waals surface area contributed by atoms with Crippen LogP contribution in [0.5, 0.6) is 5.75 Å². The zero-order valence-corrected chi connectivity index (χ0v) is 24.9. The summed E-state index contributed by atoms with van der Waals surface area (Å²) in [6.07, 6.45) is -9.25. The summed E-state index contributed by atoms with van der Waals surface area (Å²) in [4.78, 5) is 21.1. The summed E-state index contributed by atoms with van der Waals surface area (Å²) in [6, 6.07) is 11.9. The van der Waals surface area contributed by atoms with Crippen LogP contribution in [-0.4, -0.2) is 53.3 Å². The van der Waals surface area contributed by atoms with Crippen LogP contribution in [0.25, 0.3) is 5.65 Å². The van der Waals surface area contributed by atoms with E-state index in [1.807, 2.05) is 23.6 Å². The first kappa shape index (κ1) is 33.7. The molecule has 1 amide bonds. The molecule has 15 heteroatoms. The van der Waals surface area contributed by atoms with Crippen LogP contribution in [0.3, 0.4) is 0 Å². The fourth-order valence-corrected chi connectivity index (χ4v) is 5.21. The van der Waals surface area contributed by atoms with Gasteiger partial charge in [-0.15, -0.1) is 12.4 Å². The van der Waals surface area contributed by atoms with E-state index in [9.17, 15) is 31.1 Å². The van der Waals surface area contributed by atoms with Crippen molar-refractivity contribution in [2.24, 2.45) is 0 Å². The average molecular weight is 660 g/mol. The van der Waals surface area contributed by atoms with Crippen LogP contribution >= 0.6 is 12.4 Å². The summed E-state index contributed by atoms with van der Waals surface area (Å²) in [5.41, 5.74) is 2.59. The Hall–Kier alpha value is -4.20. The molecule has 0 aliphatic carbocycles. The molecule has 1 fully saturated rings.